The summed E-state index contributed by atoms with van der Waals surface area (Å²) in [6.07, 6.45) is 13.8. The first-order chi connectivity index (χ1) is 17.3. The molecule has 184 valence electrons. The van der Waals surface area contributed by atoms with E-state index >= 15 is 0 Å². The van der Waals surface area contributed by atoms with Crippen molar-refractivity contribution in [3.8, 4) is 0 Å². The molecule has 0 radical (unpaired) electrons. The van der Waals surface area contributed by atoms with Gasteiger partial charge in [0.1, 0.15) is 19.0 Å². The number of methoxy groups -OCH3 is 2. The van der Waals surface area contributed by atoms with E-state index in [9.17, 15) is 0 Å². The second-order valence-electron chi connectivity index (χ2n) is 8.71. The summed E-state index contributed by atoms with van der Waals surface area (Å²) in [5, 5.41) is 0. The van der Waals surface area contributed by atoms with Crippen LogP contribution in [0, 0.1) is 5.92 Å². The van der Waals surface area contributed by atoms with Gasteiger partial charge in [-0.15, -0.1) is 0 Å². The normalized spacial score (nSPS) is 19.5. The maximum atomic E-state index is 5.96. The number of allylic oxidation sites excluding steroid dienone is 5. The van der Waals surface area contributed by atoms with Crippen molar-refractivity contribution >= 4 is 11.3 Å². The molecule has 0 aromatic heterocycles. The summed E-state index contributed by atoms with van der Waals surface area (Å²) in [7, 11) is 3.44. The maximum Gasteiger partial charge on any atom is 0.159 e. The number of hydrogen-bond acceptors (Lipinski definition) is 5. The summed E-state index contributed by atoms with van der Waals surface area (Å²) in [4.78, 5) is 2.44. The van der Waals surface area contributed by atoms with Crippen molar-refractivity contribution in [2.24, 2.45) is 5.92 Å². The predicted octanol–water partition coefficient (Wildman–Crippen LogP) is 6.11. The molecule has 2 aliphatic rings. The minimum Gasteiger partial charge on any atom is -0.497 e. The Morgan fingerprint density at radius 2 is 1.69 bits per heavy atom. The highest BCUT2D eigenvalue weighted by molar-refractivity contribution is 5.75. The fraction of sp³-hybridized carbons (Fsp3) is 0.333. The van der Waals surface area contributed by atoms with Gasteiger partial charge in [0.15, 0.2) is 6.29 Å². The summed E-state index contributed by atoms with van der Waals surface area (Å²) in [6, 6.07) is 18.9. The van der Waals surface area contributed by atoms with E-state index in [0.717, 1.165) is 48.4 Å². The Kier molecular flexibility index (Phi) is 9.21. The Labute approximate surface area is 209 Å². The summed E-state index contributed by atoms with van der Waals surface area (Å²) < 4.78 is 22.6. The highest BCUT2D eigenvalue weighted by atomic mass is 16.7. The van der Waals surface area contributed by atoms with Crippen molar-refractivity contribution in [3.05, 3.63) is 108 Å². The predicted molar refractivity (Wildman–Crippen MR) is 141 cm³/mol. The molecule has 2 aromatic rings. The number of benzene rings is 2. The van der Waals surface area contributed by atoms with Crippen molar-refractivity contribution in [2.75, 3.05) is 38.8 Å². The van der Waals surface area contributed by atoms with Crippen LogP contribution in [0.5, 0.6) is 0 Å². The topological polar surface area (TPSA) is 40.2 Å². The van der Waals surface area contributed by atoms with Crippen LogP contribution < -0.4 is 4.90 Å². The molecule has 0 amide bonds. The van der Waals surface area contributed by atoms with Gasteiger partial charge in [-0.2, -0.15) is 0 Å². The molecule has 2 aromatic carbocycles. The van der Waals surface area contributed by atoms with Crippen LogP contribution in [0.4, 0.5) is 5.69 Å². The summed E-state index contributed by atoms with van der Waals surface area (Å²) in [5.74, 6) is 1.21. The van der Waals surface area contributed by atoms with E-state index in [4.69, 9.17) is 18.9 Å². The van der Waals surface area contributed by atoms with Gasteiger partial charge in [0.25, 0.3) is 0 Å². The Morgan fingerprint density at radius 3 is 2.40 bits per heavy atom. The van der Waals surface area contributed by atoms with Crippen LogP contribution in [-0.4, -0.2) is 40.2 Å². The number of ether oxygens (including phenoxy) is 4. The molecule has 5 nitrogen and oxygen atoms in total. The Hall–Kier alpha value is -3.28. The first-order valence-corrected chi connectivity index (χ1v) is 12.2. The van der Waals surface area contributed by atoms with Crippen LogP contribution in [0.15, 0.2) is 97.0 Å². The molecule has 0 bridgehead atoms. The van der Waals surface area contributed by atoms with Crippen LogP contribution in [0.25, 0.3) is 5.57 Å². The molecule has 0 unspecified atom stereocenters. The van der Waals surface area contributed by atoms with Crippen molar-refractivity contribution in [2.45, 2.75) is 25.7 Å². The third-order valence-electron chi connectivity index (χ3n) is 6.47. The zero-order valence-electron chi connectivity index (χ0n) is 20.6. The van der Waals surface area contributed by atoms with Crippen LogP contribution in [-0.2, 0) is 25.6 Å². The molecular weight excluding hydrogens is 438 g/mol. The van der Waals surface area contributed by atoms with Crippen molar-refractivity contribution in [3.63, 3.8) is 0 Å². The Morgan fingerprint density at radius 1 is 0.943 bits per heavy atom. The lowest BCUT2D eigenvalue weighted by atomic mass is 9.95. The average Bonchev–Trinajstić information content (AvgIpc) is 2.92. The third-order valence-corrected chi connectivity index (χ3v) is 6.47. The van der Waals surface area contributed by atoms with E-state index in [1.807, 2.05) is 36.4 Å². The van der Waals surface area contributed by atoms with Crippen molar-refractivity contribution in [1.82, 2.24) is 0 Å². The largest absolute Gasteiger partial charge is 0.497 e. The minimum atomic E-state index is -0.110. The molecule has 0 atom stereocenters. The minimum absolute atomic E-state index is 0.110. The Balaban J connectivity index is 1.37. The van der Waals surface area contributed by atoms with E-state index < -0.39 is 0 Å². The molecule has 35 heavy (non-hydrogen) atoms. The first kappa shape index (κ1) is 24.8. The quantitative estimate of drug-likeness (QED) is 0.433. The molecule has 0 spiro atoms. The molecule has 1 saturated heterocycles. The lowest BCUT2D eigenvalue weighted by Gasteiger charge is -2.36. The van der Waals surface area contributed by atoms with E-state index in [1.54, 1.807) is 20.5 Å². The van der Waals surface area contributed by atoms with Gasteiger partial charge in [-0.05, 0) is 53.8 Å². The van der Waals surface area contributed by atoms with Crippen molar-refractivity contribution < 1.29 is 18.9 Å². The molecular formula is C30H35NO4. The standard InChI is InChI=1S/C30H35NO4/c1-32-30(33-2)27-15-19-31(20-16-27)28-13-11-26(12-14-28)25-9-6-10-29(18-22-34-21-17-25)35-23-24-7-4-3-5-8-24/h3-14,17-18,22,27,30H,15-16,19-21,23H2,1-2H3/b9-6?,22-18+,25-17?,29-10+. The van der Waals surface area contributed by atoms with Crippen LogP contribution in [0.2, 0.25) is 0 Å². The zero-order chi connectivity index (χ0) is 24.3. The van der Waals surface area contributed by atoms with Gasteiger partial charge in [0.2, 0.25) is 0 Å². The fourth-order valence-corrected chi connectivity index (χ4v) is 4.51. The number of rotatable bonds is 8. The Bertz CT molecular complexity index is 1030. The molecule has 2 heterocycles. The second-order valence-corrected chi connectivity index (χ2v) is 8.71. The highest BCUT2D eigenvalue weighted by Crippen LogP contribution is 2.28. The molecule has 1 fully saturated rings. The van der Waals surface area contributed by atoms with Gasteiger partial charge in [-0.3, -0.25) is 0 Å². The van der Waals surface area contributed by atoms with E-state index in [-0.39, 0.29) is 6.29 Å². The van der Waals surface area contributed by atoms with Gasteiger partial charge < -0.3 is 23.8 Å². The molecule has 0 aliphatic carbocycles. The van der Waals surface area contributed by atoms with E-state index in [1.165, 1.54) is 5.69 Å². The van der Waals surface area contributed by atoms with Crippen molar-refractivity contribution in [1.29, 1.82) is 0 Å². The summed E-state index contributed by atoms with van der Waals surface area (Å²) >= 11 is 0. The van der Waals surface area contributed by atoms with Gasteiger partial charge >= 0.3 is 0 Å². The fourth-order valence-electron chi connectivity index (χ4n) is 4.51. The van der Waals surface area contributed by atoms with Crippen LogP contribution >= 0.6 is 0 Å². The molecule has 0 N–H and O–H groups in total. The molecule has 4 rings (SSSR count). The number of piperidine rings is 1. The monoisotopic (exact) mass is 473 g/mol. The van der Waals surface area contributed by atoms with Crippen LogP contribution in [0.3, 0.4) is 0 Å². The van der Waals surface area contributed by atoms with Crippen LogP contribution in [0.1, 0.15) is 24.0 Å². The number of nitrogens with zero attached hydrogens (tertiary/aromatic N) is 1. The number of anilines is 1. The van der Waals surface area contributed by atoms with Gasteiger partial charge in [0.05, 0.1) is 6.26 Å². The SMILES string of the molecule is COC(OC)C1CCN(c2ccc(C3=CCO/C=C/C(OCc4ccccc4)=C\C=C3)cc2)CC1. The van der Waals surface area contributed by atoms with E-state index in [2.05, 4.69) is 53.5 Å². The second kappa shape index (κ2) is 13.0. The number of hydrogen-bond donors (Lipinski definition) is 0. The van der Waals surface area contributed by atoms with E-state index in [0.29, 0.717) is 19.1 Å². The van der Waals surface area contributed by atoms with Gasteiger partial charge in [-0.25, -0.2) is 0 Å². The van der Waals surface area contributed by atoms with Gasteiger partial charge in [-0.1, -0.05) is 54.6 Å². The summed E-state index contributed by atoms with van der Waals surface area (Å²) in [5.41, 5.74) is 4.66. The highest BCUT2D eigenvalue weighted by Gasteiger charge is 2.26. The molecule has 0 saturated carbocycles. The average molecular weight is 474 g/mol. The lowest BCUT2D eigenvalue weighted by molar-refractivity contribution is -0.141. The maximum absolute atomic E-state index is 5.96. The zero-order valence-corrected chi connectivity index (χ0v) is 20.6. The van der Waals surface area contributed by atoms with Gasteiger partial charge in [0, 0.05) is 45.0 Å². The first-order valence-electron chi connectivity index (χ1n) is 12.2. The lowest BCUT2D eigenvalue weighted by Crippen LogP contribution is -2.39. The third kappa shape index (κ3) is 7.10. The molecule has 5 heteroatoms. The smallest absolute Gasteiger partial charge is 0.159 e. The molecule has 2 aliphatic heterocycles. The summed E-state index contributed by atoms with van der Waals surface area (Å²) in [6.45, 7) is 3.03.